The summed E-state index contributed by atoms with van der Waals surface area (Å²) in [7, 11) is 0. The minimum absolute atomic E-state index is 0.396. The topological polar surface area (TPSA) is 38.0 Å². The number of anilines is 2. The maximum atomic E-state index is 5.73. The molecule has 0 saturated carbocycles. The van der Waals surface area contributed by atoms with Crippen molar-refractivity contribution in [2.75, 3.05) is 5.32 Å². The van der Waals surface area contributed by atoms with Gasteiger partial charge in [0.15, 0.2) is 0 Å². The smallest absolute Gasteiger partial charge is 0.106 e. The third kappa shape index (κ3) is 3.09. The highest BCUT2D eigenvalue weighted by atomic mass is 79.9. The molecule has 0 radical (unpaired) electrons. The fraction of sp³-hybridized carbons (Fsp3) is 0.0714. The normalized spacial score (nSPS) is 10.1. The summed E-state index contributed by atoms with van der Waals surface area (Å²) in [5.41, 5.74) is 9.67. The minimum Gasteiger partial charge on any atom is -0.389 e. The molecule has 0 unspecified atom stereocenters. The zero-order chi connectivity index (χ0) is 13.1. The SMILES string of the molecule is Cc1ccc(C(N)=S)c(Nc2cccc(Br)c2)c1. The average molecular weight is 321 g/mol. The summed E-state index contributed by atoms with van der Waals surface area (Å²) in [6.45, 7) is 2.04. The molecule has 92 valence electrons. The Hall–Kier alpha value is -1.39. The van der Waals surface area contributed by atoms with E-state index < -0.39 is 0 Å². The predicted octanol–water partition coefficient (Wildman–Crippen LogP) is 4.14. The molecule has 0 saturated heterocycles. The molecule has 0 amide bonds. The zero-order valence-corrected chi connectivity index (χ0v) is 12.3. The second-order valence-corrected chi connectivity index (χ2v) is 5.40. The monoisotopic (exact) mass is 320 g/mol. The lowest BCUT2D eigenvalue weighted by atomic mass is 10.1. The van der Waals surface area contributed by atoms with Crippen LogP contribution in [0.15, 0.2) is 46.9 Å². The first-order chi connectivity index (χ1) is 8.56. The van der Waals surface area contributed by atoms with Crippen LogP contribution in [0.4, 0.5) is 11.4 Å². The third-order valence-corrected chi connectivity index (χ3v) is 3.26. The number of nitrogens with one attached hydrogen (secondary N) is 1. The van der Waals surface area contributed by atoms with Crippen LogP contribution in [0.5, 0.6) is 0 Å². The average Bonchev–Trinajstić information content (AvgIpc) is 2.28. The zero-order valence-electron chi connectivity index (χ0n) is 9.91. The molecule has 2 nitrogen and oxygen atoms in total. The highest BCUT2D eigenvalue weighted by Gasteiger charge is 2.06. The van der Waals surface area contributed by atoms with Gasteiger partial charge >= 0.3 is 0 Å². The molecule has 0 aliphatic rings. The Kier molecular flexibility index (Phi) is 3.99. The molecule has 0 spiro atoms. The lowest BCUT2D eigenvalue weighted by molar-refractivity contribution is 1.43. The van der Waals surface area contributed by atoms with E-state index in [2.05, 4.69) is 21.2 Å². The Labute approximate surface area is 120 Å². The van der Waals surface area contributed by atoms with Crippen LogP contribution in [-0.2, 0) is 0 Å². The molecule has 0 aromatic heterocycles. The van der Waals surface area contributed by atoms with E-state index in [1.807, 2.05) is 49.4 Å². The first-order valence-electron chi connectivity index (χ1n) is 5.49. The van der Waals surface area contributed by atoms with Crippen molar-refractivity contribution < 1.29 is 0 Å². The summed E-state index contributed by atoms with van der Waals surface area (Å²) in [5.74, 6) is 0. The van der Waals surface area contributed by atoms with Gasteiger partial charge in [-0.15, -0.1) is 0 Å². The summed E-state index contributed by atoms with van der Waals surface area (Å²) >= 11 is 8.51. The van der Waals surface area contributed by atoms with Gasteiger partial charge in [0.05, 0.1) is 0 Å². The number of hydrogen-bond acceptors (Lipinski definition) is 2. The highest BCUT2D eigenvalue weighted by Crippen LogP contribution is 2.24. The largest absolute Gasteiger partial charge is 0.389 e. The fourth-order valence-corrected chi connectivity index (χ4v) is 2.28. The van der Waals surface area contributed by atoms with E-state index in [0.717, 1.165) is 27.0 Å². The van der Waals surface area contributed by atoms with Gasteiger partial charge < -0.3 is 11.1 Å². The van der Waals surface area contributed by atoms with Crippen LogP contribution in [0.2, 0.25) is 0 Å². The molecular formula is C14H13BrN2S. The first kappa shape index (κ1) is 13.1. The van der Waals surface area contributed by atoms with Gasteiger partial charge in [0.2, 0.25) is 0 Å². The van der Waals surface area contributed by atoms with Crippen molar-refractivity contribution in [3.05, 3.63) is 58.1 Å². The third-order valence-electron chi connectivity index (χ3n) is 2.54. The van der Waals surface area contributed by atoms with Crippen molar-refractivity contribution in [2.24, 2.45) is 5.73 Å². The van der Waals surface area contributed by atoms with Gasteiger partial charge in [0, 0.05) is 21.4 Å². The Morgan fingerprint density at radius 2 is 2.00 bits per heavy atom. The Morgan fingerprint density at radius 3 is 2.67 bits per heavy atom. The number of nitrogens with two attached hydrogens (primary N) is 1. The second-order valence-electron chi connectivity index (χ2n) is 4.05. The number of hydrogen-bond donors (Lipinski definition) is 2. The maximum absolute atomic E-state index is 5.73. The van der Waals surface area contributed by atoms with Crippen molar-refractivity contribution in [3.63, 3.8) is 0 Å². The van der Waals surface area contributed by atoms with Crippen LogP contribution in [0.25, 0.3) is 0 Å². The maximum Gasteiger partial charge on any atom is 0.106 e. The molecule has 4 heteroatoms. The molecule has 3 N–H and O–H groups in total. The Morgan fingerprint density at radius 1 is 1.22 bits per heavy atom. The first-order valence-corrected chi connectivity index (χ1v) is 6.69. The van der Waals surface area contributed by atoms with E-state index in [0.29, 0.717) is 4.99 Å². The summed E-state index contributed by atoms with van der Waals surface area (Å²) in [5, 5.41) is 3.34. The summed E-state index contributed by atoms with van der Waals surface area (Å²) in [6, 6.07) is 13.9. The van der Waals surface area contributed by atoms with E-state index in [4.69, 9.17) is 18.0 Å². The Bertz CT molecular complexity index is 596. The number of halogens is 1. The van der Waals surface area contributed by atoms with Crippen LogP contribution in [0.3, 0.4) is 0 Å². The predicted molar refractivity (Wildman–Crippen MR) is 84.5 cm³/mol. The summed E-state index contributed by atoms with van der Waals surface area (Å²) in [4.78, 5) is 0.396. The van der Waals surface area contributed by atoms with E-state index in [1.165, 1.54) is 0 Å². The second kappa shape index (κ2) is 5.50. The van der Waals surface area contributed by atoms with E-state index in [9.17, 15) is 0 Å². The number of rotatable bonds is 3. The summed E-state index contributed by atoms with van der Waals surface area (Å²) in [6.07, 6.45) is 0. The van der Waals surface area contributed by atoms with Crippen LogP contribution in [0, 0.1) is 6.92 Å². The molecule has 2 aromatic rings. The van der Waals surface area contributed by atoms with Gasteiger partial charge in [0.25, 0.3) is 0 Å². The Balaban J connectivity index is 2.39. The van der Waals surface area contributed by atoms with Gasteiger partial charge in [-0.3, -0.25) is 0 Å². The fourth-order valence-electron chi connectivity index (χ4n) is 1.70. The molecule has 0 heterocycles. The van der Waals surface area contributed by atoms with Crippen LogP contribution < -0.4 is 11.1 Å². The molecule has 0 aliphatic carbocycles. The van der Waals surface area contributed by atoms with Gasteiger partial charge in [-0.2, -0.15) is 0 Å². The molecular weight excluding hydrogens is 308 g/mol. The molecule has 18 heavy (non-hydrogen) atoms. The van der Waals surface area contributed by atoms with Crippen molar-refractivity contribution in [2.45, 2.75) is 6.92 Å². The van der Waals surface area contributed by atoms with Gasteiger partial charge in [-0.25, -0.2) is 0 Å². The minimum atomic E-state index is 0.396. The van der Waals surface area contributed by atoms with Crippen LogP contribution in [0.1, 0.15) is 11.1 Å². The van der Waals surface area contributed by atoms with E-state index >= 15 is 0 Å². The van der Waals surface area contributed by atoms with Gasteiger partial charge in [-0.05, 0) is 42.8 Å². The molecule has 2 rings (SSSR count). The lowest BCUT2D eigenvalue weighted by Crippen LogP contribution is -2.12. The molecule has 0 aliphatic heterocycles. The lowest BCUT2D eigenvalue weighted by Gasteiger charge is -2.12. The number of aryl methyl sites for hydroxylation is 1. The standard InChI is InChI=1S/C14H13BrN2S/c1-9-5-6-12(14(16)18)13(7-9)17-11-4-2-3-10(15)8-11/h2-8,17H,1H3,(H2,16,18). The van der Waals surface area contributed by atoms with Crippen LogP contribution in [-0.4, -0.2) is 4.99 Å². The van der Waals surface area contributed by atoms with Gasteiger partial charge in [-0.1, -0.05) is 40.3 Å². The van der Waals surface area contributed by atoms with E-state index in [-0.39, 0.29) is 0 Å². The van der Waals surface area contributed by atoms with Crippen molar-refractivity contribution in [3.8, 4) is 0 Å². The summed E-state index contributed by atoms with van der Waals surface area (Å²) < 4.78 is 1.03. The van der Waals surface area contributed by atoms with Crippen molar-refractivity contribution in [1.29, 1.82) is 0 Å². The number of thiocarbonyl (C=S) groups is 1. The van der Waals surface area contributed by atoms with E-state index in [1.54, 1.807) is 0 Å². The number of benzene rings is 2. The van der Waals surface area contributed by atoms with Gasteiger partial charge in [0.1, 0.15) is 4.99 Å². The van der Waals surface area contributed by atoms with Crippen molar-refractivity contribution >= 4 is 44.5 Å². The van der Waals surface area contributed by atoms with Crippen LogP contribution >= 0.6 is 28.1 Å². The quantitative estimate of drug-likeness (QED) is 0.835. The highest BCUT2D eigenvalue weighted by molar-refractivity contribution is 9.10. The van der Waals surface area contributed by atoms with Crippen molar-refractivity contribution in [1.82, 2.24) is 0 Å². The molecule has 0 atom stereocenters. The molecule has 0 bridgehead atoms. The molecule has 2 aromatic carbocycles. The molecule has 0 fully saturated rings.